The standard InChI is InChI=1S/C29H39N3O2S/c1-18-7-9-20(10-8-18)24-14-22(13-21-17-32(6)31-19(21)2)30-16-26(24)25-15-23(11-12-29(3,4)5)35-27(25)28(33)34/h15,17-18,20,22,30H,7-10,13-14,16H2,1-6H3,(H,33,34). The molecular weight excluding hydrogens is 454 g/mol. The Kier molecular flexibility index (Phi) is 7.59. The lowest BCUT2D eigenvalue weighted by Crippen LogP contribution is -2.39. The minimum absolute atomic E-state index is 0.124. The fourth-order valence-electron chi connectivity index (χ4n) is 5.45. The molecule has 1 fully saturated rings. The van der Waals surface area contributed by atoms with Crippen LogP contribution in [0.4, 0.5) is 0 Å². The Morgan fingerprint density at radius 2 is 2.00 bits per heavy atom. The average molecular weight is 494 g/mol. The van der Waals surface area contributed by atoms with E-state index in [4.69, 9.17) is 0 Å². The van der Waals surface area contributed by atoms with Crippen molar-refractivity contribution in [3.63, 3.8) is 0 Å². The molecule has 3 heterocycles. The van der Waals surface area contributed by atoms with Crippen LogP contribution in [0, 0.1) is 36.0 Å². The van der Waals surface area contributed by atoms with Crippen molar-refractivity contribution in [2.24, 2.45) is 24.3 Å². The van der Waals surface area contributed by atoms with Gasteiger partial charge in [0.2, 0.25) is 0 Å². The predicted octanol–water partition coefficient (Wildman–Crippen LogP) is 6.07. The van der Waals surface area contributed by atoms with Crippen molar-refractivity contribution in [1.82, 2.24) is 15.1 Å². The Balaban J connectivity index is 1.72. The molecule has 1 unspecified atom stereocenters. The Labute approximate surface area is 214 Å². The first-order chi connectivity index (χ1) is 16.5. The van der Waals surface area contributed by atoms with Gasteiger partial charge in [0.25, 0.3) is 0 Å². The first-order valence-corrected chi connectivity index (χ1v) is 13.7. The maximum Gasteiger partial charge on any atom is 0.346 e. The molecule has 0 amide bonds. The van der Waals surface area contributed by atoms with E-state index in [1.807, 2.05) is 17.8 Å². The summed E-state index contributed by atoms with van der Waals surface area (Å²) in [5.41, 5.74) is 5.79. The van der Waals surface area contributed by atoms with Crippen LogP contribution in [-0.2, 0) is 13.5 Å². The lowest BCUT2D eigenvalue weighted by Gasteiger charge is -2.36. The third kappa shape index (κ3) is 6.26. The molecule has 35 heavy (non-hydrogen) atoms. The van der Waals surface area contributed by atoms with Gasteiger partial charge in [0.05, 0.1) is 10.6 Å². The van der Waals surface area contributed by atoms with Gasteiger partial charge in [-0.15, -0.1) is 11.3 Å². The van der Waals surface area contributed by atoms with Crippen LogP contribution in [0.5, 0.6) is 0 Å². The summed E-state index contributed by atoms with van der Waals surface area (Å²) in [6, 6.07) is 2.36. The number of hydrogen-bond donors (Lipinski definition) is 2. The number of hydrogen-bond acceptors (Lipinski definition) is 4. The van der Waals surface area contributed by atoms with Crippen LogP contribution in [0.25, 0.3) is 5.57 Å². The maximum absolute atomic E-state index is 12.3. The zero-order chi connectivity index (χ0) is 25.3. The van der Waals surface area contributed by atoms with E-state index in [9.17, 15) is 9.90 Å². The number of rotatable bonds is 5. The molecule has 0 bridgehead atoms. The number of carboxylic acid groups (broad SMARTS) is 1. The summed E-state index contributed by atoms with van der Waals surface area (Å²) in [6.45, 7) is 11.4. The van der Waals surface area contributed by atoms with Gasteiger partial charge >= 0.3 is 5.97 Å². The molecule has 2 aromatic rings. The van der Waals surface area contributed by atoms with Crippen molar-refractivity contribution < 1.29 is 9.90 Å². The highest BCUT2D eigenvalue weighted by Gasteiger charge is 2.32. The third-order valence-electron chi connectivity index (χ3n) is 7.32. The number of aromatic carboxylic acids is 1. The molecule has 0 aromatic carbocycles. The molecule has 2 aromatic heterocycles. The van der Waals surface area contributed by atoms with Crippen molar-refractivity contribution in [3.8, 4) is 11.8 Å². The molecule has 6 heteroatoms. The molecule has 2 aliphatic rings. The zero-order valence-electron chi connectivity index (χ0n) is 22.0. The van der Waals surface area contributed by atoms with Crippen molar-refractivity contribution >= 4 is 22.9 Å². The number of carboxylic acids is 1. The molecule has 1 atom stereocenters. The zero-order valence-corrected chi connectivity index (χ0v) is 22.8. The molecule has 1 saturated carbocycles. The summed E-state index contributed by atoms with van der Waals surface area (Å²) in [6.07, 6.45) is 8.92. The number of aromatic nitrogens is 2. The van der Waals surface area contributed by atoms with E-state index in [2.05, 4.69) is 63.1 Å². The van der Waals surface area contributed by atoms with Gasteiger partial charge in [0, 0.05) is 36.8 Å². The van der Waals surface area contributed by atoms with E-state index in [-0.39, 0.29) is 5.41 Å². The number of thiophene rings is 1. The highest BCUT2D eigenvalue weighted by atomic mass is 32.1. The van der Waals surface area contributed by atoms with E-state index in [1.54, 1.807) is 0 Å². The summed E-state index contributed by atoms with van der Waals surface area (Å²) in [7, 11) is 1.97. The van der Waals surface area contributed by atoms with Gasteiger partial charge in [-0.3, -0.25) is 4.68 Å². The summed E-state index contributed by atoms with van der Waals surface area (Å²) < 4.78 is 1.89. The monoisotopic (exact) mass is 493 g/mol. The second-order valence-electron chi connectivity index (χ2n) is 11.5. The Morgan fingerprint density at radius 3 is 2.60 bits per heavy atom. The first-order valence-electron chi connectivity index (χ1n) is 12.8. The van der Waals surface area contributed by atoms with E-state index in [0.717, 1.165) is 34.9 Å². The maximum atomic E-state index is 12.3. The van der Waals surface area contributed by atoms with Crippen molar-refractivity contribution in [2.75, 3.05) is 6.54 Å². The van der Waals surface area contributed by atoms with Gasteiger partial charge in [-0.05, 0) is 82.4 Å². The van der Waals surface area contributed by atoms with Gasteiger partial charge in [0.15, 0.2) is 0 Å². The number of aryl methyl sites for hydroxylation is 2. The summed E-state index contributed by atoms with van der Waals surface area (Å²) in [5.74, 6) is 6.97. The van der Waals surface area contributed by atoms with E-state index >= 15 is 0 Å². The Morgan fingerprint density at radius 1 is 1.29 bits per heavy atom. The normalized spacial score (nSPS) is 23.2. The largest absolute Gasteiger partial charge is 0.477 e. The molecule has 0 saturated heterocycles. The Bertz CT molecular complexity index is 1180. The first kappa shape index (κ1) is 25.7. The van der Waals surface area contributed by atoms with Gasteiger partial charge in [-0.25, -0.2) is 4.79 Å². The van der Waals surface area contributed by atoms with Gasteiger partial charge in [0.1, 0.15) is 4.88 Å². The van der Waals surface area contributed by atoms with Crippen LogP contribution in [0.3, 0.4) is 0 Å². The molecule has 4 rings (SSSR count). The summed E-state index contributed by atoms with van der Waals surface area (Å²) >= 11 is 1.31. The molecule has 5 nitrogen and oxygen atoms in total. The molecule has 0 spiro atoms. The van der Waals surface area contributed by atoms with Crippen LogP contribution in [0.1, 0.15) is 91.2 Å². The minimum atomic E-state index is -0.856. The van der Waals surface area contributed by atoms with E-state index in [1.165, 1.54) is 53.7 Å². The molecular formula is C29H39N3O2S. The molecule has 188 valence electrons. The highest BCUT2D eigenvalue weighted by molar-refractivity contribution is 7.14. The number of carbonyl (C=O) groups is 1. The van der Waals surface area contributed by atoms with Crippen LogP contribution in [0.2, 0.25) is 0 Å². The quantitative estimate of drug-likeness (QED) is 0.496. The summed E-state index contributed by atoms with van der Waals surface area (Å²) in [5, 5.41) is 18.3. The van der Waals surface area contributed by atoms with Crippen LogP contribution < -0.4 is 5.32 Å². The average Bonchev–Trinajstić information content (AvgIpc) is 3.35. The minimum Gasteiger partial charge on any atom is -0.477 e. The highest BCUT2D eigenvalue weighted by Crippen LogP contribution is 2.42. The topological polar surface area (TPSA) is 67.2 Å². The third-order valence-corrected chi connectivity index (χ3v) is 8.36. The van der Waals surface area contributed by atoms with Crippen LogP contribution >= 0.6 is 11.3 Å². The SMILES string of the molecule is Cc1nn(C)cc1CC1CC(C2CCC(C)CC2)=C(c2cc(C#CC(C)(C)C)sc2C(=O)O)CN1. The van der Waals surface area contributed by atoms with Gasteiger partial charge in [-0.1, -0.05) is 37.2 Å². The molecule has 0 radical (unpaired) electrons. The number of nitrogens with one attached hydrogen (secondary N) is 1. The van der Waals surface area contributed by atoms with Crippen molar-refractivity contribution in [2.45, 2.75) is 79.2 Å². The number of nitrogens with zero attached hydrogens (tertiary/aromatic N) is 2. The second-order valence-corrected chi connectivity index (χ2v) is 12.6. The fourth-order valence-corrected chi connectivity index (χ4v) is 6.33. The van der Waals surface area contributed by atoms with E-state index < -0.39 is 5.97 Å². The van der Waals surface area contributed by atoms with Crippen LogP contribution in [-0.4, -0.2) is 33.4 Å². The Hall–Kier alpha value is -2.36. The van der Waals surface area contributed by atoms with Crippen LogP contribution in [0.15, 0.2) is 17.8 Å². The second kappa shape index (κ2) is 10.3. The predicted molar refractivity (Wildman–Crippen MR) is 144 cm³/mol. The van der Waals surface area contributed by atoms with Crippen molar-refractivity contribution in [3.05, 3.63) is 44.4 Å². The van der Waals surface area contributed by atoms with E-state index in [0.29, 0.717) is 23.4 Å². The fraction of sp³-hybridized carbons (Fsp3) is 0.586. The van der Waals surface area contributed by atoms with Crippen molar-refractivity contribution in [1.29, 1.82) is 0 Å². The molecule has 1 aliphatic carbocycles. The van der Waals surface area contributed by atoms with Gasteiger partial charge < -0.3 is 10.4 Å². The molecule has 1 aliphatic heterocycles. The molecule has 2 N–H and O–H groups in total. The smallest absolute Gasteiger partial charge is 0.346 e. The summed E-state index contributed by atoms with van der Waals surface area (Å²) in [4.78, 5) is 13.5. The lowest BCUT2D eigenvalue weighted by molar-refractivity contribution is 0.0702. The van der Waals surface area contributed by atoms with Gasteiger partial charge in [-0.2, -0.15) is 5.10 Å². The lowest BCUT2D eigenvalue weighted by atomic mass is 9.73.